The van der Waals surface area contributed by atoms with E-state index in [1.54, 1.807) is 6.07 Å². The number of ether oxygens (including phenoxy) is 2. The van der Waals surface area contributed by atoms with Crippen LogP contribution in [0.15, 0.2) is 22.7 Å². The summed E-state index contributed by atoms with van der Waals surface area (Å²) in [6.07, 6.45) is -0.524. The number of amides is 1. The molecule has 4 nitrogen and oxygen atoms in total. The molecule has 19 heavy (non-hydrogen) atoms. The van der Waals surface area contributed by atoms with Gasteiger partial charge in [-0.25, -0.2) is 4.39 Å². The zero-order chi connectivity index (χ0) is 14.3. The second kappa shape index (κ2) is 8.24. The second-order valence-electron chi connectivity index (χ2n) is 3.65. The van der Waals surface area contributed by atoms with Crippen molar-refractivity contribution in [1.29, 1.82) is 0 Å². The fraction of sp³-hybridized carbons (Fsp3) is 0.462. The first-order valence-electron chi connectivity index (χ1n) is 6.05. The maximum Gasteiger partial charge on any atom is 0.255 e. The fourth-order valence-electron chi connectivity index (χ4n) is 1.52. The van der Waals surface area contributed by atoms with Crippen molar-refractivity contribution in [2.75, 3.05) is 19.8 Å². The highest BCUT2D eigenvalue weighted by molar-refractivity contribution is 9.10. The van der Waals surface area contributed by atoms with Crippen molar-refractivity contribution in [3.63, 3.8) is 0 Å². The predicted octanol–water partition coefficient (Wildman–Crippen LogP) is 2.72. The van der Waals surface area contributed by atoms with Crippen molar-refractivity contribution in [3.05, 3.63) is 34.1 Å². The van der Waals surface area contributed by atoms with E-state index in [1.165, 1.54) is 12.1 Å². The van der Waals surface area contributed by atoms with E-state index < -0.39 is 18.0 Å². The molecule has 0 fully saturated rings. The van der Waals surface area contributed by atoms with Gasteiger partial charge in [0.1, 0.15) is 5.82 Å². The van der Waals surface area contributed by atoms with Crippen LogP contribution in [0.1, 0.15) is 24.2 Å². The topological polar surface area (TPSA) is 47.6 Å². The Bertz CT molecular complexity index is 402. The summed E-state index contributed by atoms with van der Waals surface area (Å²) >= 11 is 3.15. The molecule has 0 aliphatic carbocycles. The normalized spacial score (nSPS) is 10.8. The maximum atomic E-state index is 13.6. The number of rotatable bonds is 7. The number of nitrogens with one attached hydrogen (secondary N) is 1. The van der Waals surface area contributed by atoms with E-state index in [-0.39, 0.29) is 12.1 Å². The molecule has 106 valence electrons. The first-order valence-corrected chi connectivity index (χ1v) is 6.84. The largest absolute Gasteiger partial charge is 0.351 e. The lowest BCUT2D eigenvalue weighted by Crippen LogP contribution is -2.36. The van der Waals surface area contributed by atoms with Crippen LogP contribution in [0.25, 0.3) is 0 Å². The Morgan fingerprint density at radius 1 is 1.37 bits per heavy atom. The van der Waals surface area contributed by atoms with Crippen LogP contribution < -0.4 is 5.32 Å². The van der Waals surface area contributed by atoms with Crippen LogP contribution in [-0.4, -0.2) is 32.0 Å². The molecular weight excluding hydrogens is 317 g/mol. The minimum Gasteiger partial charge on any atom is -0.351 e. The van der Waals surface area contributed by atoms with E-state index in [9.17, 15) is 9.18 Å². The lowest BCUT2D eigenvalue weighted by Gasteiger charge is -2.17. The molecule has 0 saturated carbocycles. The number of hydrogen-bond acceptors (Lipinski definition) is 3. The first kappa shape index (κ1) is 16.1. The van der Waals surface area contributed by atoms with Gasteiger partial charge in [0.15, 0.2) is 6.29 Å². The van der Waals surface area contributed by atoms with Crippen molar-refractivity contribution in [2.45, 2.75) is 20.1 Å². The molecule has 0 atom stereocenters. The molecule has 0 aliphatic rings. The van der Waals surface area contributed by atoms with E-state index in [2.05, 4.69) is 21.2 Å². The zero-order valence-corrected chi connectivity index (χ0v) is 12.5. The van der Waals surface area contributed by atoms with Crippen molar-refractivity contribution >= 4 is 21.8 Å². The van der Waals surface area contributed by atoms with E-state index in [4.69, 9.17) is 9.47 Å². The average molecular weight is 334 g/mol. The molecule has 0 saturated heterocycles. The maximum absolute atomic E-state index is 13.6. The molecule has 1 aromatic carbocycles. The highest BCUT2D eigenvalue weighted by atomic mass is 79.9. The second-order valence-corrected chi connectivity index (χ2v) is 4.50. The third-order valence-corrected chi connectivity index (χ3v) is 2.99. The van der Waals surface area contributed by atoms with Gasteiger partial charge >= 0.3 is 0 Å². The summed E-state index contributed by atoms with van der Waals surface area (Å²) in [5.41, 5.74) is -0.0192. The third kappa shape index (κ3) is 4.89. The average Bonchev–Trinajstić information content (AvgIpc) is 2.36. The molecule has 6 heteroatoms. The lowest BCUT2D eigenvalue weighted by molar-refractivity contribution is -0.131. The summed E-state index contributed by atoms with van der Waals surface area (Å²) in [6, 6.07) is 4.38. The first-order chi connectivity index (χ1) is 9.10. The molecule has 1 aromatic rings. The van der Waals surface area contributed by atoms with Gasteiger partial charge in [-0.3, -0.25) is 4.79 Å². The number of halogens is 2. The standard InChI is InChI=1S/C13H17BrFNO3/c1-3-18-11(19-4-2)8-16-13(17)12-9(14)6-5-7-10(12)15/h5-7,11H,3-4,8H2,1-2H3,(H,16,17). The summed E-state index contributed by atoms with van der Waals surface area (Å²) in [5.74, 6) is -1.08. The van der Waals surface area contributed by atoms with Gasteiger partial charge in [0.2, 0.25) is 0 Å². The summed E-state index contributed by atoms with van der Waals surface area (Å²) in [4.78, 5) is 11.9. The Balaban J connectivity index is 2.64. The van der Waals surface area contributed by atoms with Gasteiger partial charge in [-0.05, 0) is 41.9 Å². The summed E-state index contributed by atoms with van der Waals surface area (Å²) in [6.45, 7) is 4.79. The minimum atomic E-state index is -0.573. The van der Waals surface area contributed by atoms with Gasteiger partial charge in [-0.1, -0.05) is 6.07 Å². The smallest absolute Gasteiger partial charge is 0.255 e. The summed E-state index contributed by atoms with van der Waals surface area (Å²) in [7, 11) is 0. The molecule has 0 spiro atoms. The monoisotopic (exact) mass is 333 g/mol. The number of carbonyl (C=O) groups is 1. The van der Waals surface area contributed by atoms with Gasteiger partial charge in [0, 0.05) is 17.7 Å². The Morgan fingerprint density at radius 3 is 2.53 bits per heavy atom. The van der Waals surface area contributed by atoms with Crippen molar-refractivity contribution in [2.24, 2.45) is 0 Å². The minimum absolute atomic E-state index is 0.0192. The van der Waals surface area contributed by atoms with Gasteiger partial charge in [0.05, 0.1) is 12.1 Å². The fourth-order valence-corrected chi connectivity index (χ4v) is 2.04. The van der Waals surface area contributed by atoms with Crippen LogP contribution in [0, 0.1) is 5.82 Å². The molecule has 0 heterocycles. The molecule has 0 unspecified atom stereocenters. The predicted molar refractivity (Wildman–Crippen MR) is 73.5 cm³/mol. The van der Waals surface area contributed by atoms with E-state index >= 15 is 0 Å². The molecule has 0 aromatic heterocycles. The third-order valence-electron chi connectivity index (χ3n) is 2.32. The van der Waals surface area contributed by atoms with Crippen LogP contribution >= 0.6 is 15.9 Å². The van der Waals surface area contributed by atoms with Gasteiger partial charge < -0.3 is 14.8 Å². The molecule has 0 radical (unpaired) electrons. The van der Waals surface area contributed by atoms with Crippen molar-refractivity contribution in [3.8, 4) is 0 Å². The molecule has 1 amide bonds. The molecule has 0 bridgehead atoms. The van der Waals surface area contributed by atoms with E-state index in [1.807, 2.05) is 13.8 Å². The Labute approximate surface area is 120 Å². The Morgan fingerprint density at radius 2 is 2.00 bits per heavy atom. The van der Waals surface area contributed by atoms with Crippen LogP contribution in [0.3, 0.4) is 0 Å². The van der Waals surface area contributed by atoms with Crippen LogP contribution in [-0.2, 0) is 9.47 Å². The van der Waals surface area contributed by atoms with Gasteiger partial charge in [-0.2, -0.15) is 0 Å². The Kier molecular flexibility index (Phi) is 6.97. The number of hydrogen-bond donors (Lipinski definition) is 1. The SMILES string of the molecule is CCOC(CNC(=O)c1c(F)cccc1Br)OCC. The quantitative estimate of drug-likeness (QED) is 0.780. The van der Waals surface area contributed by atoms with Crippen molar-refractivity contribution in [1.82, 2.24) is 5.32 Å². The molecule has 1 N–H and O–H groups in total. The lowest BCUT2D eigenvalue weighted by atomic mass is 10.2. The molecular formula is C13H17BrFNO3. The summed E-state index contributed by atoms with van der Waals surface area (Å²) < 4.78 is 24.6. The molecule has 1 rings (SSSR count). The van der Waals surface area contributed by atoms with Crippen LogP contribution in [0.5, 0.6) is 0 Å². The van der Waals surface area contributed by atoms with Gasteiger partial charge in [-0.15, -0.1) is 0 Å². The highest BCUT2D eigenvalue weighted by Gasteiger charge is 2.17. The number of benzene rings is 1. The summed E-state index contributed by atoms with van der Waals surface area (Å²) in [5, 5.41) is 2.59. The van der Waals surface area contributed by atoms with E-state index in [0.717, 1.165) is 0 Å². The van der Waals surface area contributed by atoms with Crippen LogP contribution in [0.4, 0.5) is 4.39 Å². The number of carbonyl (C=O) groups excluding carboxylic acids is 1. The highest BCUT2D eigenvalue weighted by Crippen LogP contribution is 2.19. The van der Waals surface area contributed by atoms with Gasteiger partial charge in [0.25, 0.3) is 5.91 Å². The van der Waals surface area contributed by atoms with E-state index in [0.29, 0.717) is 17.7 Å². The zero-order valence-electron chi connectivity index (χ0n) is 10.9. The Hall–Kier alpha value is -0.980. The van der Waals surface area contributed by atoms with Crippen molar-refractivity contribution < 1.29 is 18.7 Å². The van der Waals surface area contributed by atoms with Crippen LogP contribution in [0.2, 0.25) is 0 Å². The molecule has 0 aliphatic heterocycles.